The predicted octanol–water partition coefficient (Wildman–Crippen LogP) is 3.67. The van der Waals surface area contributed by atoms with Crippen LogP contribution < -0.4 is 0 Å². The van der Waals surface area contributed by atoms with Gasteiger partial charge in [-0.05, 0) is 37.5 Å². The Morgan fingerprint density at radius 1 is 1.41 bits per heavy atom. The standard InChI is InChI=1S/C13H14Cl2O2/c1-8-2-5-13(17-8)12(16)6-9-3-4-10(14)7-11(9)15/h3-4,7-8,13H,2,5-6H2,1H3. The fraction of sp³-hybridized carbons (Fsp3) is 0.462. The Hall–Kier alpha value is -0.570. The maximum atomic E-state index is 12.0. The lowest BCUT2D eigenvalue weighted by Gasteiger charge is -2.10. The number of carbonyl (C=O) groups excluding carboxylic acids is 1. The molecule has 0 saturated carbocycles. The average molecular weight is 273 g/mol. The monoisotopic (exact) mass is 272 g/mol. The summed E-state index contributed by atoms with van der Waals surface area (Å²) in [6.45, 7) is 1.99. The lowest BCUT2D eigenvalue weighted by Crippen LogP contribution is -2.22. The van der Waals surface area contributed by atoms with Gasteiger partial charge in [0.15, 0.2) is 5.78 Å². The number of rotatable bonds is 3. The smallest absolute Gasteiger partial charge is 0.165 e. The van der Waals surface area contributed by atoms with Crippen LogP contribution in [0.4, 0.5) is 0 Å². The highest BCUT2D eigenvalue weighted by Gasteiger charge is 2.28. The van der Waals surface area contributed by atoms with E-state index in [2.05, 4.69) is 0 Å². The first-order valence-corrected chi connectivity index (χ1v) is 6.44. The van der Waals surface area contributed by atoms with Crippen molar-refractivity contribution < 1.29 is 9.53 Å². The summed E-state index contributed by atoms with van der Waals surface area (Å²) in [6, 6.07) is 5.19. The molecule has 1 fully saturated rings. The maximum Gasteiger partial charge on any atom is 0.165 e. The summed E-state index contributed by atoms with van der Waals surface area (Å²) in [4.78, 5) is 12.0. The number of ketones is 1. The van der Waals surface area contributed by atoms with Gasteiger partial charge in [0.25, 0.3) is 0 Å². The van der Waals surface area contributed by atoms with Crippen LogP contribution >= 0.6 is 23.2 Å². The van der Waals surface area contributed by atoms with Crippen LogP contribution in [0.1, 0.15) is 25.3 Å². The molecule has 1 saturated heterocycles. The summed E-state index contributed by atoms with van der Waals surface area (Å²) in [5.74, 6) is 0.0959. The second kappa shape index (κ2) is 5.38. The summed E-state index contributed by atoms with van der Waals surface area (Å²) < 4.78 is 5.54. The van der Waals surface area contributed by atoms with Gasteiger partial charge in [-0.2, -0.15) is 0 Å². The molecular weight excluding hydrogens is 259 g/mol. The zero-order valence-electron chi connectivity index (χ0n) is 9.58. The summed E-state index contributed by atoms with van der Waals surface area (Å²) >= 11 is 11.8. The molecule has 2 rings (SSSR count). The van der Waals surface area contributed by atoms with Crippen molar-refractivity contribution in [3.63, 3.8) is 0 Å². The molecule has 1 aliphatic rings. The third kappa shape index (κ3) is 3.21. The third-order valence-electron chi connectivity index (χ3n) is 2.97. The van der Waals surface area contributed by atoms with Gasteiger partial charge in [-0.1, -0.05) is 29.3 Å². The Bertz CT molecular complexity index is 431. The Kier molecular flexibility index (Phi) is 4.08. The van der Waals surface area contributed by atoms with E-state index < -0.39 is 0 Å². The highest BCUT2D eigenvalue weighted by Crippen LogP contribution is 2.25. The minimum absolute atomic E-state index is 0.0959. The van der Waals surface area contributed by atoms with Crippen LogP contribution in [-0.4, -0.2) is 18.0 Å². The van der Waals surface area contributed by atoms with E-state index >= 15 is 0 Å². The van der Waals surface area contributed by atoms with Crippen LogP contribution in [0.5, 0.6) is 0 Å². The fourth-order valence-corrected chi connectivity index (χ4v) is 2.48. The minimum Gasteiger partial charge on any atom is -0.367 e. The second-order valence-electron chi connectivity index (χ2n) is 4.39. The average Bonchev–Trinajstić information content (AvgIpc) is 2.69. The molecule has 1 heterocycles. The van der Waals surface area contributed by atoms with E-state index in [0.717, 1.165) is 18.4 Å². The summed E-state index contributed by atoms with van der Waals surface area (Å²) in [6.07, 6.45) is 1.99. The molecule has 2 unspecified atom stereocenters. The van der Waals surface area contributed by atoms with Gasteiger partial charge in [0, 0.05) is 16.5 Å². The quantitative estimate of drug-likeness (QED) is 0.839. The summed E-state index contributed by atoms with van der Waals surface area (Å²) in [5, 5.41) is 1.12. The summed E-state index contributed by atoms with van der Waals surface area (Å²) in [7, 11) is 0. The number of carbonyl (C=O) groups is 1. The molecule has 2 nitrogen and oxygen atoms in total. The molecule has 0 aliphatic carbocycles. The zero-order valence-corrected chi connectivity index (χ0v) is 11.1. The van der Waals surface area contributed by atoms with Gasteiger partial charge in [0.2, 0.25) is 0 Å². The van der Waals surface area contributed by atoms with Crippen molar-refractivity contribution in [2.75, 3.05) is 0 Å². The van der Waals surface area contributed by atoms with Gasteiger partial charge < -0.3 is 4.74 Å². The molecule has 1 aliphatic heterocycles. The Morgan fingerprint density at radius 2 is 2.18 bits per heavy atom. The first-order valence-electron chi connectivity index (χ1n) is 5.68. The van der Waals surface area contributed by atoms with Crippen molar-refractivity contribution >= 4 is 29.0 Å². The Morgan fingerprint density at radius 3 is 2.76 bits per heavy atom. The SMILES string of the molecule is CC1CCC(C(=O)Cc2ccc(Cl)cc2Cl)O1. The van der Waals surface area contributed by atoms with Crippen molar-refractivity contribution in [3.05, 3.63) is 33.8 Å². The number of ether oxygens (including phenoxy) is 1. The van der Waals surface area contributed by atoms with Crippen LogP contribution in [-0.2, 0) is 16.0 Å². The minimum atomic E-state index is -0.267. The van der Waals surface area contributed by atoms with E-state index in [4.69, 9.17) is 27.9 Å². The van der Waals surface area contributed by atoms with Gasteiger partial charge >= 0.3 is 0 Å². The third-order valence-corrected chi connectivity index (χ3v) is 3.56. The molecule has 4 heteroatoms. The molecule has 17 heavy (non-hydrogen) atoms. The molecule has 1 aromatic rings. The first kappa shape index (κ1) is 12.9. The predicted molar refractivity (Wildman–Crippen MR) is 68.7 cm³/mol. The van der Waals surface area contributed by atoms with Crippen molar-refractivity contribution in [3.8, 4) is 0 Å². The first-order chi connectivity index (χ1) is 8.06. The van der Waals surface area contributed by atoms with Crippen LogP contribution in [0.3, 0.4) is 0 Å². The van der Waals surface area contributed by atoms with E-state index in [9.17, 15) is 4.79 Å². The van der Waals surface area contributed by atoms with Crippen LogP contribution in [0.2, 0.25) is 10.0 Å². The largest absolute Gasteiger partial charge is 0.367 e. The Labute approximate surface area is 111 Å². The van der Waals surface area contributed by atoms with Crippen LogP contribution in [0.15, 0.2) is 18.2 Å². The van der Waals surface area contributed by atoms with Gasteiger partial charge in [-0.15, -0.1) is 0 Å². The molecule has 2 atom stereocenters. The molecule has 1 aromatic carbocycles. The number of hydrogen-bond donors (Lipinski definition) is 0. The molecule has 0 amide bonds. The molecular formula is C13H14Cl2O2. The van der Waals surface area contributed by atoms with E-state index in [1.54, 1.807) is 18.2 Å². The molecule has 0 N–H and O–H groups in total. The summed E-state index contributed by atoms with van der Waals surface area (Å²) in [5.41, 5.74) is 0.809. The van der Waals surface area contributed by atoms with E-state index in [1.165, 1.54) is 0 Å². The lowest BCUT2D eigenvalue weighted by molar-refractivity contribution is -0.128. The van der Waals surface area contributed by atoms with Crippen molar-refractivity contribution in [2.45, 2.75) is 38.4 Å². The highest BCUT2D eigenvalue weighted by atomic mass is 35.5. The maximum absolute atomic E-state index is 12.0. The zero-order chi connectivity index (χ0) is 12.4. The van der Waals surface area contributed by atoms with Gasteiger partial charge in [0.1, 0.15) is 6.10 Å². The van der Waals surface area contributed by atoms with Crippen molar-refractivity contribution in [1.29, 1.82) is 0 Å². The highest BCUT2D eigenvalue weighted by molar-refractivity contribution is 6.35. The molecule has 0 radical (unpaired) electrons. The number of halogens is 2. The molecule has 92 valence electrons. The fourth-order valence-electron chi connectivity index (χ4n) is 2.01. The molecule has 0 bridgehead atoms. The second-order valence-corrected chi connectivity index (χ2v) is 5.24. The van der Waals surface area contributed by atoms with E-state index in [1.807, 2.05) is 6.92 Å². The van der Waals surface area contributed by atoms with Crippen LogP contribution in [0.25, 0.3) is 0 Å². The van der Waals surface area contributed by atoms with E-state index in [-0.39, 0.29) is 18.0 Å². The number of benzene rings is 1. The topological polar surface area (TPSA) is 26.3 Å². The van der Waals surface area contributed by atoms with Crippen LogP contribution in [0, 0.1) is 0 Å². The van der Waals surface area contributed by atoms with E-state index in [0.29, 0.717) is 16.5 Å². The van der Waals surface area contributed by atoms with Gasteiger partial charge in [0.05, 0.1) is 6.10 Å². The normalized spacial score (nSPS) is 23.9. The molecule has 0 aromatic heterocycles. The van der Waals surface area contributed by atoms with Crippen molar-refractivity contribution in [1.82, 2.24) is 0 Å². The van der Waals surface area contributed by atoms with Gasteiger partial charge in [-0.3, -0.25) is 4.79 Å². The lowest BCUT2D eigenvalue weighted by atomic mass is 10.0. The molecule has 0 spiro atoms. The van der Waals surface area contributed by atoms with Crippen molar-refractivity contribution in [2.24, 2.45) is 0 Å². The number of Topliss-reactive ketones (excluding diaryl/α,β-unsaturated/α-hetero) is 1. The van der Waals surface area contributed by atoms with Gasteiger partial charge in [-0.25, -0.2) is 0 Å². The number of hydrogen-bond acceptors (Lipinski definition) is 2. The Balaban J connectivity index is 2.03.